The van der Waals surface area contributed by atoms with Gasteiger partial charge in [-0.3, -0.25) is 14.9 Å². The number of carbonyl (C=O) groups excluding carboxylic acids is 1. The van der Waals surface area contributed by atoms with Gasteiger partial charge in [0, 0.05) is 17.4 Å². The average molecular weight is 359 g/mol. The molecule has 2 atom stereocenters. The summed E-state index contributed by atoms with van der Waals surface area (Å²) >= 11 is 3.58. The van der Waals surface area contributed by atoms with Crippen LogP contribution in [-0.4, -0.2) is 22.2 Å². The van der Waals surface area contributed by atoms with E-state index in [1.54, 1.807) is 0 Å². The van der Waals surface area contributed by atoms with Crippen LogP contribution in [0.15, 0.2) is 18.2 Å². The van der Waals surface area contributed by atoms with Gasteiger partial charge in [-0.1, -0.05) is 22.4 Å². The summed E-state index contributed by atoms with van der Waals surface area (Å²) in [5, 5.41) is 13.2. The van der Waals surface area contributed by atoms with Gasteiger partial charge in [-0.2, -0.15) is 0 Å². The number of nitrogens with zero attached hydrogens (tertiary/aromatic N) is 1. The molecule has 21 heavy (non-hydrogen) atoms. The predicted molar refractivity (Wildman–Crippen MR) is 80.1 cm³/mol. The van der Waals surface area contributed by atoms with Crippen LogP contribution < -0.4 is 5.32 Å². The van der Waals surface area contributed by atoms with Crippen molar-refractivity contribution in [3.05, 3.63) is 39.7 Å². The molecular formula is C14H16BrFN2O3. The number of amides is 1. The van der Waals surface area contributed by atoms with E-state index >= 15 is 0 Å². The molecule has 0 aromatic heterocycles. The Kier molecular flexibility index (Phi) is 5.27. The Hall–Kier alpha value is -1.50. The summed E-state index contributed by atoms with van der Waals surface area (Å²) in [6, 6.07) is 3.05. The first kappa shape index (κ1) is 15.9. The van der Waals surface area contributed by atoms with Gasteiger partial charge in [-0.15, -0.1) is 0 Å². The van der Waals surface area contributed by atoms with E-state index in [2.05, 4.69) is 21.2 Å². The second-order valence-electron chi connectivity index (χ2n) is 5.26. The SMILES string of the molecule is O=C(NCC1CCCC(Br)C1)c1ccc([N+](=O)[O-])cc1F. The van der Waals surface area contributed by atoms with Crippen molar-refractivity contribution in [2.45, 2.75) is 30.5 Å². The number of nitro benzene ring substituents is 1. The molecule has 1 N–H and O–H groups in total. The highest BCUT2D eigenvalue weighted by Gasteiger charge is 2.21. The summed E-state index contributed by atoms with van der Waals surface area (Å²) in [6.45, 7) is 0.497. The molecule has 1 aromatic carbocycles. The fraction of sp³-hybridized carbons (Fsp3) is 0.500. The van der Waals surface area contributed by atoms with E-state index in [0.717, 1.165) is 43.9 Å². The second-order valence-corrected chi connectivity index (χ2v) is 6.56. The Morgan fingerprint density at radius 2 is 2.24 bits per heavy atom. The number of alkyl halides is 1. The molecule has 1 amide bonds. The molecule has 0 heterocycles. The zero-order valence-electron chi connectivity index (χ0n) is 11.4. The number of nitro groups is 1. The van der Waals surface area contributed by atoms with Crippen LogP contribution >= 0.6 is 15.9 Å². The topological polar surface area (TPSA) is 72.2 Å². The van der Waals surface area contributed by atoms with E-state index in [1.807, 2.05) is 0 Å². The lowest BCUT2D eigenvalue weighted by atomic mass is 9.89. The summed E-state index contributed by atoms with van der Waals surface area (Å²) < 4.78 is 13.7. The van der Waals surface area contributed by atoms with Gasteiger partial charge in [0.05, 0.1) is 16.6 Å². The largest absolute Gasteiger partial charge is 0.352 e. The van der Waals surface area contributed by atoms with Crippen LogP contribution in [0.3, 0.4) is 0 Å². The lowest BCUT2D eigenvalue weighted by Crippen LogP contribution is -2.32. The Bertz CT molecular complexity index is 553. The van der Waals surface area contributed by atoms with Gasteiger partial charge in [0.15, 0.2) is 0 Å². The zero-order valence-corrected chi connectivity index (χ0v) is 12.9. The van der Waals surface area contributed by atoms with Gasteiger partial charge in [0.25, 0.3) is 11.6 Å². The lowest BCUT2D eigenvalue weighted by molar-refractivity contribution is -0.385. The molecule has 2 rings (SSSR count). The zero-order chi connectivity index (χ0) is 15.4. The van der Waals surface area contributed by atoms with Crippen LogP contribution in [0, 0.1) is 21.8 Å². The number of benzene rings is 1. The van der Waals surface area contributed by atoms with Gasteiger partial charge in [0.2, 0.25) is 0 Å². The summed E-state index contributed by atoms with van der Waals surface area (Å²) in [5.41, 5.74) is -0.523. The maximum absolute atomic E-state index is 13.7. The van der Waals surface area contributed by atoms with E-state index in [9.17, 15) is 19.3 Å². The van der Waals surface area contributed by atoms with Crippen molar-refractivity contribution >= 4 is 27.5 Å². The predicted octanol–water partition coefficient (Wildman–Crippen LogP) is 3.42. The Morgan fingerprint density at radius 1 is 1.48 bits per heavy atom. The average Bonchev–Trinajstić information content (AvgIpc) is 2.44. The van der Waals surface area contributed by atoms with Gasteiger partial charge >= 0.3 is 0 Å². The second kappa shape index (κ2) is 6.98. The Labute approximate surface area is 130 Å². The van der Waals surface area contributed by atoms with Crippen LogP contribution in [0.4, 0.5) is 10.1 Å². The van der Waals surface area contributed by atoms with Crippen molar-refractivity contribution in [3.63, 3.8) is 0 Å². The highest BCUT2D eigenvalue weighted by molar-refractivity contribution is 9.09. The molecule has 1 aliphatic carbocycles. The highest BCUT2D eigenvalue weighted by Crippen LogP contribution is 2.28. The molecule has 0 aliphatic heterocycles. The molecule has 0 radical (unpaired) electrons. The third-order valence-electron chi connectivity index (χ3n) is 3.68. The van der Waals surface area contributed by atoms with E-state index in [-0.39, 0.29) is 11.3 Å². The Morgan fingerprint density at radius 3 is 2.86 bits per heavy atom. The number of nitrogens with one attached hydrogen (secondary N) is 1. The molecule has 0 bridgehead atoms. The molecule has 1 aromatic rings. The number of rotatable bonds is 4. The minimum atomic E-state index is -0.872. The molecule has 114 valence electrons. The molecule has 7 heteroatoms. The number of hydrogen-bond donors (Lipinski definition) is 1. The first-order valence-corrected chi connectivity index (χ1v) is 7.75. The van der Waals surface area contributed by atoms with E-state index in [1.165, 1.54) is 0 Å². The summed E-state index contributed by atoms with van der Waals surface area (Å²) in [5.74, 6) is -1.02. The lowest BCUT2D eigenvalue weighted by Gasteiger charge is -2.25. The van der Waals surface area contributed by atoms with Crippen LogP contribution in [0.5, 0.6) is 0 Å². The summed E-state index contributed by atoms with van der Waals surface area (Å²) in [4.78, 5) is 22.3. The molecular weight excluding hydrogens is 343 g/mol. The van der Waals surface area contributed by atoms with E-state index < -0.39 is 16.6 Å². The maximum Gasteiger partial charge on any atom is 0.272 e. The first-order chi connectivity index (χ1) is 9.97. The van der Waals surface area contributed by atoms with Crippen LogP contribution in [0.1, 0.15) is 36.0 Å². The first-order valence-electron chi connectivity index (χ1n) is 6.83. The normalized spacial score (nSPS) is 21.8. The van der Waals surface area contributed by atoms with Crippen molar-refractivity contribution < 1.29 is 14.1 Å². The molecule has 0 spiro atoms. The van der Waals surface area contributed by atoms with Gasteiger partial charge < -0.3 is 5.32 Å². The fourth-order valence-electron chi connectivity index (χ4n) is 2.54. The third-order valence-corrected chi connectivity index (χ3v) is 4.51. The van der Waals surface area contributed by atoms with E-state index in [4.69, 9.17) is 0 Å². The van der Waals surface area contributed by atoms with Crippen molar-refractivity contribution in [3.8, 4) is 0 Å². The highest BCUT2D eigenvalue weighted by atomic mass is 79.9. The standard InChI is InChI=1S/C14H16BrFN2O3/c15-10-3-1-2-9(6-10)8-17-14(19)12-5-4-11(18(20)21)7-13(12)16/h4-5,7,9-10H,1-3,6,8H2,(H,17,19). The third kappa shape index (κ3) is 4.23. The molecule has 2 unspecified atom stereocenters. The van der Waals surface area contributed by atoms with E-state index in [0.29, 0.717) is 17.3 Å². The number of carbonyl (C=O) groups is 1. The molecule has 0 saturated heterocycles. The molecule has 1 aliphatic rings. The number of halogens is 2. The number of hydrogen-bond acceptors (Lipinski definition) is 3. The number of non-ortho nitro benzene ring substituents is 1. The van der Waals surface area contributed by atoms with Crippen molar-refractivity contribution in [2.75, 3.05) is 6.54 Å². The Balaban J connectivity index is 1.95. The fourth-order valence-corrected chi connectivity index (χ4v) is 3.40. The monoisotopic (exact) mass is 358 g/mol. The molecule has 1 fully saturated rings. The van der Waals surface area contributed by atoms with Gasteiger partial charge in [-0.05, 0) is 31.2 Å². The van der Waals surface area contributed by atoms with Crippen molar-refractivity contribution in [2.24, 2.45) is 5.92 Å². The van der Waals surface area contributed by atoms with Gasteiger partial charge in [-0.25, -0.2) is 4.39 Å². The van der Waals surface area contributed by atoms with Crippen LogP contribution in [0.2, 0.25) is 0 Å². The quantitative estimate of drug-likeness (QED) is 0.509. The van der Waals surface area contributed by atoms with Crippen molar-refractivity contribution in [1.29, 1.82) is 0 Å². The van der Waals surface area contributed by atoms with Gasteiger partial charge in [0.1, 0.15) is 5.82 Å². The minimum absolute atomic E-state index is 0.160. The summed E-state index contributed by atoms with van der Waals surface area (Å²) in [7, 11) is 0. The van der Waals surface area contributed by atoms with Crippen LogP contribution in [-0.2, 0) is 0 Å². The smallest absolute Gasteiger partial charge is 0.272 e. The molecule has 1 saturated carbocycles. The minimum Gasteiger partial charge on any atom is -0.352 e. The molecule has 5 nitrogen and oxygen atoms in total. The van der Waals surface area contributed by atoms with Crippen LogP contribution in [0.25, 0.3) is 0 Å². The maximum atomic E-state index is 13.7. The van der Waals surface area contributed by atoms with Crippen molar-refractivity contribution in [1.82, 2.24) is 5.32 Å². The summed E-state index contributed by atoms with van der Waals surface area (Å²) in [6.07, 6.45) is 4.29.